The van der Waals surface area contributed by atoms with Crippen LogP contribution in [0.2, 0.25) is 0 Å². The van der Waals surface area contributed by atoms with Crippen LogP contribution in [0.5, 0.6) is 0 Å². The molecule has 0 radical (unpaired) electrons. The van der Waals surface area contributed by atoms with Crippen LogP contribution in [0, 0.1) is 0 Å². The van der Waals surface area contributed by atoms with Crippen LogP contribution in [0.25, 0.3) is 0 Å². The maximum atomic E-state index is 12.5. The Morgan fingerprint density at radius 3 is 2.56 bits per heavy atom. The zero-order valence-electron chi connectivity index (χ0n) is 16.3. The fourth-order valence-corrected chi connectivity index (χ4v) is 2.84. The number of carbonyl (C=O) groups excluding carboxylic acids is 3. The third-order valence-electron chi connectivity index (χ3n) is 4.19. The minimum Gasteiger partial charge on any atom is -0.461 e. The summed E-state index contributed by atoms with van der Waals surface area (Å²) in [6, 6.07) is 8.62. The van der Waals surface area contributed by atoms with E-state index in [9.17, 15) is 14.4 Å². The predicted octanol–water partition coefficient (Wildman–Crippen LogP) is 3.06. The summed E-state index contributed by atoms with van der Waals surface area (Å²) in [6.07, 6.45) is 0.263. The predicted molar refractivity (Wildman–Crippen MR) is 97.8 cm³/mol. The summed E-state index contributed by atoms with van der Waals surface area (Å²) in [6.45, 7) is 7.16. The molecule has 0 spiro atoms. The van der Waals surface area contributed by atoms with Crippen LogP contribution in [0.15, 0.2) is 30.3 Å². The molecule has 1 heterocycles. The SMILES string of the molecule is CC(C)(C)OC(=O)N1[C@H](C=O)CO[C@]1(C)CCC(=O)OCc1ccccc1. The summed E-state index contributed by atoms with van der Waals surface area (Å²) >= 11 is 0. The number of amides is 1. The molecule has 0 unspecified atom stereocenters. The second-order valence-electron chi connectivity index (χ2n) is 7.69. The molecule has 2 rings (SSSR count). The number of benzene rings is 1. The molecule has 0 bridgehead atoms. The number of nitrogens with zero attached hydrogens (tertiary/aromatic N) is 1. The summed E-state index contributed by atoms with van der Waals surface area (Å²) in [5, 5.41) is 0. The first-order valence-corrected chi connectivity index (χ1v) is 8.96. The van der Waals surface area contributed by atoms with Gasteiger partial charge in [0.05, 0.1) is 13.0 Å². The molecule has 7 nitrogen and oxygen atoms in total. The lowest BCUT2D eigenvalue weighted by Gasteiger charge is -2.36. The zero-order chi connectivity index (χ0) is 20.1. The Kier molecular flexibility index (Phi) is 6.59. The van der Waals surface area contributed by atoms with Crippen molar-refractivity contribution in [3.63, 3.8) is 0 Å². The highest BCUT2D eigenvalue weighted by molar-refractivity contribution is 5.75. The van der Waals surface area contributed by atoms with Crippen LogP contribution in [0.1, 0.15) is 46.1 Å². The van der Waals surface area contributed by atoms with Crippen LogP contribution < -0.4 is 0 Å². The van der Waals surface area contributed by atoms with Gasteiger partial charge in [0, 0.05) is 6.42 Å². The standard InChI is InChI=1S/C20H27NO6/c1-19(2,3)27-18(24)21-16(12-22)14-26-20(21,4)11-10-17(23)25-13-15-8-6-5-7-9-15/h5-9,12,16H,10-11,13-14H2,1-4H3/t16-,20-/m1/s1. The van der Waals surface area contributed by atoms with Crippen molar-refractivity contribution in [2.75, 3.05) is 6.61 Å². The van der Waals surface area contributed by atoms with E-state index >= 15 is 0 Å². The van der Waals surface area contributed by atoms with Crippen LogP contribution >= 0.6 is 0 Å². The van der Waals surface area contributed by atoms with E-state index in [0.29, 0.717) is 6.29 Å². The van der Waals surface area contributed by atoms with Gasteiger partial charge in [0.1, 0.15) is 30.3 Å². The molecule has 1 amide bonds. The minimum atomic E-state index is -1.11. The molecule has 27 heavy (non-hydrogen) atoms. The van der Waals surface area contributed by atoms with Gasteiger partial charge in [-0.15, -0.1) is 0 Å². The molecule has 0 saturated carbocycles. The van der Waals surface area contributed by atoms with Crippen molar-refractivity contribution < 1.29 is 28.6 Å². The Hall–Kier alpha value is -2.41. The first kappa shape index (κ1) is 20.9. The Morgan fingerprint density at radius 2 is 1.96 bits per heavy atom. The normalized spacial score (nSPS) is 22.4. The van der Waals surface area contributed by atoms with E-state index in [0.717, 1.165) is 5.56 Å². The van der Waals surface area contributed by atoms with Crippen LogP contribution in [0.4, 0.5) is 4.79 Å². The molecule has 0 aromatic heterocycles. The highest BCUT2D eigenvalue weighted by atomic mass is 16.6. The second-order valence-corrected chi connectivity index (χ2v) is 7.69. The summed E-state index contributed by atoms with van der Waals surface area (Å²) in [5.74, 6) is -0.401. The molecule has 1 fully saturated rings. The van der Waals surface area contributed by atoms with E-state index in [1.54, 1.807) is 27.7 Å². The number of ether oxygens (including phenoxy) is 3. The number of esters is 1. The van der Waals surface area contributed by atoms with Crippen molar-refractivity contribution in [1.82, 2.24) is 4.90 Å². The van der Waals surface area contributed by atoms with Crippen LogP contribution in [-0.4, -0.2) is 47.2 Å². The first-order valence-electron chi connectivity index (χ1n) is 8.96. The molecule has 1 aromatic rings. The number of aldehydes is 1. The molecule has 148 valence electrons. The quantitative estimate of drug-likeness (QED) is 0.560. The molecule has 0 aliphatic carbocycles. The summed E-state index contributed by atoms with van der Waals surface area (Å²) in [7, 11) is 0. The number of hydrogen-bond donors (Lipinski definition) is 0. The summed E-state index contributed by atoms with van der Waals surface area (Å²) in [5.41, 5.74) is -0.923. The lowest BCUT2D eigenvalue weighted by atomic mass is 10.1. The van der Waals surface area contributed by atoms with Crippen LogP contribution in [-0.2, 0) is 30.4 Å². The van der Waals surface area contributed by atoms with Crippen molar-refractivity contribution in [2.45, 2.75) is 64.5 Å². The fraction of sp³-hybridized carbons (Fsp3) is 0.550. The summed E-state index contributed by atoms with van der Waals surface area (Å²) in [4.78, 5) is 37.3. The topological polar surface area (TPSA) is 82.1 Å². The molecule has 1 aliphatic rings. The average Bonchev–Trinajstić information content (AvgIpc) is 2.95. The molecule has 1 aromatic carbocycles. The lowest BCUT2D eigenvalue weighted by Crippen LogP contribution is -2.52. The maximum absolute atomic E-state index is 12.5. The molecule has 2 atom stereocenters. The van der Waals surface area contributed by atoms with Gasteiger partial charge in [-0.25, -0.2) is 4.79 Å². The van der Waals surface area contributed by atoms with E-state index in [4.69, 9.17) is 14.2 Å². The van der Waals surface area contributed by atoms with E-state index in [2.05, 4.69) is 0 Å². The van der Waals surface area contributed by atoms with Gasteiger partial charge in [0.15, 0.2) is 0 Å². The summed E-state index contributed by atoms with van der Waals surface area (Å²) < 4.78 is 16.3. The monoisotopic (exact) mass is 377 g/mol. The van der Waals surface area contributed by atoms with Crippen molar-refractivity contribution in [2.24, 2.45) is 0 Å². The van der Waals surface area contributed by atoms with Crippen molar-refractivity contribution in [3.05, 3.63) is 35.9 Å². The van der Waals surface area contributed by atoms with E-state index < -0.39 is 29.4 Å². The van der Waals surface area contributed by atoms with Crippen LogP contribution in [0.3, 0.4) is 0 Å². The highest BCUT2D eigenvalue weighted by Crippen LogP contribution is 2.33. The first-order chi connectivity index (χ1) is 12.6. The fourth-order valence-electron chi connectivity index (χ4n) is 2.84. The number of hydrogen-bond acceptors (Lipinski definition) is 6. The van der Waals surface area contributed by atoms with Crippen molar-refractivity contribution >= 4 is 18.3 Å². The average molecular weight is 377 g/mol. The minimum absolute atomic E-state index is 0.0498. The third kappa shape index (κ3) is 5.79. The van der Waals surface area contributed by atoms with Gasteiger partial charge in [-0.2, -0.15) is 0 Å². The molecule has 1 aliphatic heterocycles. The van der Waals surface area contributed by atoms with E-state index in [1.807, 2.05) is 30.3 Å². The van der Waals surface area contributed by atoms with Gasteiger partial charge in [-0.1, -0.05) is 30.3 Å². The Bertz CT molecular complexity index is 669. The molecule has 7 heteroatoms. The smallest absolute Gasteiger partial charge is 0.413 e. The van der Waals surface area contributed by atoms with E-state index in [1.165, 1.54) is 4.90 Å². The zero-order valence-corrected chi connectivity index (χ0v) is 16.3. The van der Waals surface area contributed by atoms with Gasteiger partial charge in [-0.05, 0) is 33.3 Å². The van der Waals surface area contributed by atoms with Gasteiger partial charge in [0.25, 0.3) is 0 Å². The van der Waals surface area contributed by atoms with Gasteiger partial charge < -0.3 is 19.0 Å². The number of rotatable bonds is 6. The lowest BCUT2D eigenvalue weighted by molar-refractivity contribution is -0.148. The van der Waals surface area contributed by atoms with Gasteiger partial charge in [0.2, 0.25) is 0 Å². The maximum Gasteiger partial charge on any atom is 0.413 e. The second kappa shape index (κ2) is 8.52. The van der Waals surface area contributed by atoms with Crippen molar-refractivity contribution in [3.8, 4) is 0 Å². The molecule has 1 saturated heterocycles. The molecular formula is C20H27NO6. The van der Waals surface area contributed by atoms with Gasteiger partial charge >= 0.3 is 12.1 Å². The molecular weight excluding hydrogens is 350 g/mol. The number of carbonyl (C=O) groups is 3. The molecule has 0 N–H and O–H groups in total. The Balaban J connectivity index is 1.96. The third-order valence-corrected chi connectivity index (χ3v) is 4.19. The largest absolute Gasteiger partial charge is 0.461 e. The van der Waals surface area contributed by atoms with Crippen molar-refractivity contribution in [1.29, 1.82) is 0 Å². The Labute approximate surface area is 159 Å². The Morgan fingerprint density at radius 1 is 1.30 bits per heavy atom. The van der Waals surface area contributed by atoms with Gasteiger partial charge in [-0.3, -0.25) is 9.69 Å². The van der Waals surface area contributed by atoms with E-state index in [-0.39, 0.29) is 26.1 Å². The highest BCUT2D eigenvalue weighted by Gasteiger charge is 2.48.